The highest BCUT2D eigenvalue weighted by atomic mass is 16.5. The van der Waals surface area contributed by atoms with Crippen LogP contribution < -0.4 is 5.32 Å². The van der Waals surface area contributed by atoms with Crippen molar-refractivity contribution in [2.24, 2.45) is 17.3 Å². The van der Waals surface area contributed by atoms with Crippen molar-refractivity contribution in [3.05, 3.63) is 11.7 Å². The van der Waals surface area contributed by atoms with Crippen LogP contribution in [0.5, 0.6) is 0 Å². The van der Waals surface area contributed by atoms with Gasteiger partial charge in [0.1, 0.15) is 0 Å². The zero-order chi connectivity index (χ0) is 24.3. The molecular formula is C25H38N4O5. The summed E-state index contributed by atoms with van der Waals surface area (Å²) >= 11 is 0. The molecule has 4 rings (SSSR count). The van der Waals surface area contributed by atoms with Gasteiger partial charge in [-0.2, -0.15) is 4.98 Å². The molecule has 0 aromatic carbocycles. The number of Topliss-reactive ketones (excluding diaryl/α,β-unsaturated/α-hetero) is 1. The average molecular weight is 475 g/mol. The maximum Gasteiger partial charge on any atom is 0.296 e. The molecule has 0 unspecified atom stereocenters. The minimum atomic E-state index is -0.749. The van der Waals surface area contributed by atoms with Crippen molar-refractivity contribution in [1.29, 1.82) is 0 Å². The van der Waals surface area contributed by atoms with Gasteiger partial charge in [0.2, 0.25) is 17.6 Å². The van der Waals surface area contributed by atoms with E-state index in [4.69, 9.17) is 9.26 Å². The van der Waals surface area contributed by atoms with E-state index < -0.39 is 12.0 Å². The van der Waals surface area contributed by atoms with Crippen LogP contribution in [0.2, 0.25) is 0 Å². The molecule has 34 heavy (non-hydrogen) atoms. The smallest absolute Gasteiger partial charge is 0.296 e. The second-order valence-corrected chi connectivity index (χ2v) is 10.8. The van der Waals surface area contributed by atoms with Crippen LogP contribution in [0.4, 0.5) is 0 Å². The highest BCUT2D eigenvalue weighted by molar-refractivity contribution is 5.99. The van der Waals surface area contributed by atoms with E-state index in [0.29, 0.717) is 50.9 Å². The summed E-state index contributed by atoms with van der Waals surface area (Å²) in [7, 11) is 0. The van der Waals surface area contributed by atoms with Crippen LogP contribution in [0.3, 0.4) is 0 Å². The van der Waals surface area contributed by atoms with Crippen LogP contribution in [-0.2, 0) is 14.3 Å². The fourth-order valence-corrected chi connectivity index (χ4v) is 5.10. The second kappa shape index (κ2) is 10.5. The molecule has 9 nitrogen and oxygen atoms in total. The first-order valence-corrected chi connectivity index (χ1v) is 12.8. The molecule has 3 fully saturated rings. The largest absolute Gasteiger partial charge is 0.378 e. The van der Waals surface area contributed by atoms with Crippen molar-refractivity contribution < 1.29 is 23.6 Å². The monoisotopic (exact) mass is 474 g/mol. The number of ketones is 1. The molecule has 2 heterocycles. The van der Waals surface area contributed by atoms with Gasteiger partial charge in [0.25, 0.3) is 5.89 Å². The van der Waals surface area contributed by atoms with E-state index in [1.807, 2.05) is 6.92 Å². The molecule has 188 valence electrons. The predicted octanol–water partition coefficient (Wildman–Crippen LogP) is 3.11. The lowest BCUT2D eigenvalue weighted by molar-refractivity contribution is -0.140. The minimum absolute atomic E-state index is 0.0193. The normalized spacial score (nSPS) is 21.2. The molecule has 0 radical (unpaired) electrons. The molecule has 1 aromatic rings. The Hall–Kier alpha value is -2.29. The van der Waals surface area contributed by atoms with Crippen molar-refractivity contribution in [2.75, 3.05) is 26.3 Å². The van der Waals surface area contributed by atoms with Crippen LogP contribution >= 0.6 is 0 Å². The summed E-state index contributed by atoms with van der Waals surface area (Å²) in [5.41, 5.74) is 0.124. The number of nitrogens with zero attached hydrogens (tertiary/aromatic N) is 3. The van der Waals surface area contributed by atoms with E-state index in [-0.39, 0.29) is 41.2 Å². The van der Waals surface area contributed by atoms with Crippen LogP contribution in [0.25, 0.3) is 0 Å². The number of ether oxygens (including phenoxy) is 1. The van der Waals surface area contributed by atoms with Crippen molar-refractivity contribution in [2.45, 2.75) is 84.1 Å². The molecule has 2 amide bonds. The summed E-state index contributed by atoms with van der Waals surface area (Å²) in [5.74, 6) is 0.250. The molecule has 0 bridgehead atoms. The number of aromatic nitrogens is 2. The third-order valence-corrected chi connectivity index (χ3v) is 7.27. The molecule has 2 atom stereocenters. The van der Waals surface area contributed by atoms with Crippen LogP contribution in [0.15, 0.2) is 4.52 Å². The molecule has 3 aliphatic rings. The second-order valence-electron chi connectivity index (χ2n) is 10.8. The molecule has 2 aliphatic carbocycles. The Balaban J connectivity index is 1.43. The van der Waals surface area contributed by atoms with Gasteiger partial charge >= 0.3 is 0 Å². The molecule has 1 aliphatic heterocycles. The molecule has 9 heteroatoms. The zero-order valence-electron chi connectivity index (χ0n) is 20.7. The van der Waals surface area contributed by atoms with Crippen molar-refractivity contribution in [3.8, 4) is 0 Å². The fraction of sp³-hybridized carbons (Fsp3) is 0.800. The Labute approximate surface area is 201 Å². The Morgan fingerprint density at radius 3 is 2.44 bits per heavy atom. The number of hydrogen-bond donors (Lipinski definition) is 1. The van der Waals surface area contributed by atoms with E-state index in [1.54, 1.807) is 4.90 Å². The fourth-order valence-electron chi connectivity index (χ4n) is 5.10. The Morgan fingerprint density at radius 2 is 1.85 bits per heavy atom. The van der Waals surface area contributed by atoms with Crippen molar-refractivity contribution >= 4 is 17.6 Å². The third kappa shape index (κ3) is 6.23. The number of nitrogens with one attached hydrogen (secondary N) is 1. The summed E-state index contributed by atoms with van der Waals surface area (Å²) in [5, 5.41) is 6.85. The molecule has 1 N–H and O–H groups in total. The number of hydrogen-bond acceptors (Lipinski definition) is 7. The molecule has 2 saturated carbocycles. The lowest BCUT2D eigenvalue weighted by atomic mass is 9.83. The zero-order valence-corrected chi connectivity index (χ0v) is 20.7. The maximum atomic E-state index is 13.5. The minimum Gasteiger partial charge on any atom is -0.378 e. The summed E-state index contributed by atoms with van der Waals surface area (Å²) in [6, 6.07) is -0.749. The highest BCUT2D eigenvalue weighted by Crippen LogP contribution is 2.55. The SMILES string of the molecule is CC[C@@H](NC(=O)[C@H](CC(=O)N1CCOCC1)CC1(CC(C)C)CC1)C(=O)c1nc(C2CC2)no1. The number of carbonyl (C=O) groups is 3. The molecule has 1 saturated heterocycles. The average Bonchev–Trinajstić information content (AvgIpc) is 3.75. The Bertz CT molecular complexity index is 884. The Kier molecular flexibility index (Phi) is 7.70. The van der Waals surface area contributed by atoms with Crippen LogP contribution in [-0.4, -0.2) is 65.0 Å². The van der Waals surface area contributed by atoms with Gasteiger partial charge in [0.15, 0.2) is 5.82 Å². The van der Waals surface area contributed by atoms with E-state index in [2.05, 4.69) is 29.3 Å². The van der Waals surface area contributed by atoms with Gasteiger partial charge in [0, 0.05) is 31.3 Å². The van der Waals surface area contributed by atoms with E-state index in [0.717, 1.165) is 32.1 Å². The number of carbonyl (C=O) groups excluding carboxylic acids is 3. The van der Waals surface area contributed by atoms with Crippen molar-refractivity contribution in [3.63, 3.8) is 0 Å². The van der Waals surface area contributed by atoms with E-state index in [1.165, 1.54) is 0 Å². The van der Waals surface area contributed by atoms with Gasteiger partial charge in [-0.1, -0.05) is 25.9 Å². The first-order chi connectivity index (χ1) is 16.3. The topological polar surface area (TPSA) is 115 Å². The molecular weight excluding hydrogens is 436 g/mol. The van der Waals surface area contributed by atoms with Crippen LogP contribution in [0.1, 0.15) is 94.6 Å². The van der Waals surface area contributed by atoms with Gasteiger partial charge in [0.05, 0.1) is 19.3 Å². The van der Waals surface area contributed by atoms with E-state index >= 15 is 0 Å². The molecule has 1 aromatic heterocycles. The summed E-state index contributed by atoms with van der Waals surface area (Å²) in [6.45, 7) is 8.40. The third-order valence-electron chi connectivity index (χ3n) is 7.27. The van der Waals surface area contributed by atoms with Gasteiger partial charge in [-0.25, -0.2) is 0 Å². The highest BCUT2D eigenvalue weighted by Gasteiger charge is 2.46. The maximum absolute atomic E-state index is 13.5. The van der Waals surface area contributed by atoms with E-state index in [9.17, 15) is 14.4 Å². The lowest BCUT2D eigenvalue weighted by Crippen LogP contribution is -2.46. The van der Waals surface area contributed by atoms with Gasteiger partial charge in [-0.15, -0.1) is 0 Å². The summed E-state index contributed by atoms with van der Waals surface area (Å²) in [6.07, 6.45) is 6.48. The first-order valence-electron chi connectivity index (χ1n) is 12.8. The first kappa shape index (κ1) is 24.8. The van der Waals surface area contributed by atoms with Gasteiger partial charge in [-0.3, -0.25) is 14.4 Å². The summed E-state index contributed by atoms with van der Waals surface area (Å²) in [4.78, 5) is 45.5. The lowest BCUT2D eigenvalue weighted by Gasteiger charge is -2.30. The van der Waals surface area contributed by atoms with Gasteiger partial charge < -0.3 is 19.5 Å². The summed E-state index contributed by atoms with van der Waals surface area (Å²) < 4.78 is 10.6. The van der Waals surface area contributed by atoms with Crippen molar-refractivity contribution in [1.82, 2.24) is 20.4 Å². The number of rotatable bonds is 12. The quantitative estimate of drug-likeness (QED) is 0.463. The Morgan fingerprint density at radius 1 is 1.15 bits per heavy atom. The molecule has 0 spiro atoms. The number of morpholine rings is 1. The van der Waals surface area contributed by atoms with Crippen LogP contribution in [0, 0.1) is 17.3 Å². The predicted molar refractivity (Wildman–Crippen MR) is 124 cm³/mol. The standard InChI is InChI=1S/C25H38N4O5/c1-4-19(21(31)24-27-22(28-34-24)17-5-6-17)26-23(32)18(15-25(7-8-25)14-16(2)3)13-20(30)29-9-11-33-12-10-29/h16-19H,4-15H2,1-3H3,(H,26,32)/t18-,19-/m1/s1. The van der Waals surface area contributed by atoms with Gasteiger partial charge in [-0.05, 0) is 56.3 Å². The number of amides is 2.